The van der Waals surface area contributed by atoms with Crippen molar-refractivity contribution in [2.75, 3.05) is 70.7 Å². The lowest BCUT2D eigenvalue weighted by atomic mass is 10.1. The largest absolute Gasteiger partial charge is 0.507 e. The normalized spacial score (nSPS) is 11.7. The van der Waals surface area contributed by atoms with Gasteiger partial charge in [0.25, 0.3) is 51.8 Å². The van der Waals surface area contributed by atoms with Gasteiger partial charge in [-0.05, 0) is 156 Å². The molecule has 38 heteroatoms. The van der Waals surface area contributed by atoms with Crippen molar-refractivity contribution in [3.05, 3.63) is 328 Å². The summed E-state index contributed by atoms with van der Waals surface area (Å²) in [7, 11) is 15.8. The number of nitrogens with two attached hydrogens (primary N) is 3. The molecule has 5 aromatic heterocycles. The topological polar surface area (TPSA) is 439 Å². The highest BCUT2D eigenvalue weighted by Crippen LogP contribution is 2.41. The number of carboxylic acid groups (broad SMARTS) is 2. The van der Waals surface area contributed by atoms with Crippen molar-refractivity contribution in [2.24, 2.45) is 17.2 Å². The van der Waals surface area contributed by atoms with Gasteiger partial charge in [-0.1, -0.05) is 244 Å². The highest BCUT2D eigenvalue weighted by Gasteiger charge is 2.37. The average Bonchev–Trinajstić information content (AvgIpc) is 1.59. The van der Waals surface area contributed by atoms with Gasteiger partial charge in [0.1, 0.15) is 28.7 Å². The molecule has 3 amide bonds. The highest BCUT2D eigenvalue weighted by atomic mass is 79.9. The van der Waals surface area contributed by atoms with E-state index in [1.807, 2.05) is 210 Å². The lowest BCUT2D eigenvalue weighted by molar-refractivity contribution is -0.905. The molecule has 10 N–H and O–H groups in total. The van der Waals surface area contributed by atoms with E-state index in [-0.39, 0.29) is 50.8 Å². The fraction of sp³-hybridized carbons (Fsp3) is 0.236. The van der Waals surface area contributed by atoms with Crippen LogP contribution in [0.5, 0.6) is 28.7 Å². The number of Topliss-reactive ketones (excluding diaryl/α,β-unsaturated/α-hetero) is 3. The maximum absolute atomic E-state index is 12.8. The average molecular weight is 2140 g/mol. The summed E-state index contributed by atoms with van der Waals surface area (Å²) in [6.07, 6.45) is -1.22. The van der Waals surface area contributed by atoms with Crippen LogP contribution in [0.15, 0.2) is 255 Å². The second kappa shape index (κ2) is 54.6. The van der Waals surface area contributed by atoms with Gasteiger partial charge in [-0.3, -0.25) is 33.3 Å². The number of primary amides is 3. The Morgan fingerprint density at radius 3 is 0.889 bits per heavy atom. The number of nitrogens with zero attached hydrogens (tertiary/aromatic N) is 7. The van der Waals surface area contributed by atoms with Gasteiger partial charge in [0, 0.05) is 79.1 Å². The van der Waals surface area contributed by atoms with Gasteiger partial charge in [0.15, 0.2) is 4.29 Å². The monoisotopic (exact) mass is 2130 g/mol. The summed E-state index contributed by atoms with van der Waals surface area (Å²) in [6, 6.07) is 80.0. The van der Waals surface area contributed by atoms with Crippen LogP contribution >= 0.6 is 74.7 Å². The molecule has 0 aliphatic carbocycles. The minimum Gasteiger partial charge on any atom is -0.507 e. The summed E-state index contributed by atoms with van der Waals surface area (Å²) in [6.45, 7) is 12.2. The van der Waals surface area contributed by atoms with E-state index in [1.54, 1.807) is 103 Å². The van der Waals surface area contributed by atoms with Gasteiger partial charge in [-0.2, -0.15) is 0 Å². The molecule has 10 aromatic carbocycles. The minimum absolute atomic E-state index is 0. The summed E-state index contributed by atoms with van der Waals surface area (Å²) in [5, 5.41) is 38.4. The van der Waals surface area contributed by atoms with Crippen LogP contribution in [0.2, 0.25) is 0 Å². The number of aromatic nitrogens is 5. The number of benzene rings is 10. The number of phenolic OH excluding ortho intramolecular Hbond substituents is 1. The van der Waals surface area contributed by atoms with E-state index < -0.39 is 92.1 Å². The van der Waals surface area contributed by atoms with Crippen molar-refractivity contribution < 1.29 is 111 Å². The first-order valence-corrected chi connectivity index (χ1v) is 46.5. The zero-order valence-electron chi connectivity index (χ0n) is 81.5. The van der Waals surface area contributed by atoms with Crippen molar-refractivity contribution in [2.45, 2.75) is 94.5 Å². The number of carbonyl (C=O) groups excluding carboxylic acids is 9. The van der Waals surface area contributed by atoms with Gasteiger partial charge in [-0.25, -0.2) is 24.0 Å². The Labute approximate surface area is 865 Å². The molecule has 144 heavy (non-hydrogen) atoms. The number of aryl methyl sites for hydroxylation is 2. The Kier molecular flexibility index (Phi) is 44.2. The van der Waals surface area contributed by atoms with E-state index in [9.17, 15) is 63.0 Å². The van der Waals surface area contributed by atoms with E-state index in [0.717, 1.165) is 70.1 Å². The van der Waals surface area contributed by atoms with Crippen LogP contribution in [0.4, 0.5) is 0 Å². The number of quaternary nitrogens is 1. The number of rotatable bonds is 30. The maximum atomic E-state index is 12.8. The minimum atomic E-state index is -1.65. The summed E-state index contributed by atoms with van der Waals surface area (Å²) >= 11 is 25.6. The number of aliphatic hydroxyl groups excluding tert-OH is 1. The molecule has 0 aliphatic rings. The smallest absolute Gasteiger partial charge is 0.405 e. The number of alkyl halides is 5. The second-order valence-electron chi connectivity index (χ2n) is 33.0. The van der Waals surface area contributed by atoms with E-state index >= 15 is 0 Å². The molecule has 0 spiro atoms. The molecule has 5 heterocycles. The second-order valence-corrected chi connectivity index (χ2v) is 36.1. The molecular formula is C106H113BrCl5N10O22+. The predicted octanol–water partition coefficient (Wildman–Crippen LogP) is 16.8. The number of carboxylic acids is 2. The van der Waals surface area contributed by atoms with Crippen LogP contribution < -0.4 is 36.1 Å². The van der Waals surface area contributed by atoms with Gasteiger partial charge in [-0.15, -0.1) is 12.4 Å². The standard InChI is InChI=1S/C23H25N3O5.C21H19ClN2O5.C20H17ClN2O5.C19H18ClNO3.C16H15NO.C3H4BrClO2.C3H9N.CH4O.ClH/c1-14-18(20(27)21(24)28)19-16(25(14)13-15-9-6-5-7-10-15)11-8-12-17(19)31-22(23(29)30)26(2,3)4;1-12-16(18(25)20(23)26)17-14(24(12)11-13-7-4-3-5-8-13)9-6-10-15(17)29-19(22)21(27)28-2;1-11-15(17(24)19(22)25)16-13(23(11)10-12-6-3-2-4-7-12)8-5-9-14(16)28-18(21)20(26)27;1-13-11-15-16(21(13)12-14-7-4-3-5-8-14)9-6-10-17(15)24-18(20)19(22)23-2;1-12-10-14-15(8-5-9-16(14)18)17(12)11-13-6-3-2-4-7-13;1-7-3(6)2(4)5;1-4(2)3;1-2;/h5-12,22H,13H2,1-4H3,(H2-,24,28,29,30);3-10,19H,11H2,1-2H3,(H2,23,26);2-9,18H,10H2,1H3,(H2,22,25)(H,26,27);3-11,18H,12H2,1-2H3;2-10,18H,11H2,1H3;2H,1H3;1-3H3;2H,1H3;1H/p+1. The quantitative estimate of drug-likeness (QED) is 0.00418. The Hall–Kier alpha value is -14.5. The molecule has 0 saturated carbocycles. The number of halogens is 6. The Balaban J connectivity index is 0.000000238. The number of amides is 3. The number of phenols is 1. The molecule has 0 fully saturated rings. The summed E-state index contributed by atoms with van der Waals surface area (Å²) < 4.78 is 45.1. The predicted molar refractivity (Wildman–Crippen MR) is 561 cm³/mol. The first-order valence-electron chi connectivity index (χ1n) is 43.8. The Morgan fingerprint density at radius 2 is 0.618 bits per heavy atom. The first-order chi connectivity index (χ1) is 67.9. The number of hydrogen-bond donors (Lipinski definition) is 7. The van der Waals surface area contributed by atoms with Crippen molar-refractivity contribution in [3.8, 4) is 28.7 Å². The number of ketones is 3. The zero-order valence-corrected chi connectivity index (χ0v) is 86.9. The van der Waals surface area contributed by atoms with Crippen LogP contribution in [0.25, 0.3) is 54.5 Å². The third-order valence-corrected chi connectivity index (χ3v) is 23.0. The molecule has 0 radical (unpaired) electrons. The van der Waals surface area contributed by atoms with Gasteiger partial charge in [0.2, 0.25) is 0 Å². The van der Waals surface area contributed by atoms with Gasteiger partial charge >= 0.3 is 36.1 Å². The number of aliphatic carboxylic acids is 2. The molecule has 0 saturated heterocycles. The molecular weight excluding hydrogens is 2020 g/mol. The molecule has 760 valence electrons. The van der Waals surface area contributed by atoms with Crippen LogP contribution in [-0.2, 0) is 85.3 Å². The summed E-state index contributed by atoms with van der Waals surface area (Å²) in [5.41, 5.74) is 25.2. The third-order valence-electron chi connectivity index (χ3n) is 21.6. The summed E-state index contributed by atoms with van der Waals surface area (Å²) in [5.74, 6) is -8.88. The third kappa shape index (κ3) is 30.3. The number of aliphatic hydroxyl groups is 1. The number of esters is 3. The molecule has 0 aliphatic heterocycles. The van der Waals surface area contributed by atoms with E-state index in [2.05, 4.69) is 70.5 Å². The molecule has 32 nitrogen and oxygen atoms in total. The Morgan fingerprint density at radius 1 is 0.361 bits per heavy atom. The number of hydrogen-bond acceptors (Lipinski definition) is 21. The van der Waals surface area contributed by atoms with Crippen LogP contribution in [0.1, 0.15) is 87.4 Å². The molecule has 0 bridgehead atoms. The van der Waals surface area contributed by atoms with Crippen molar-refractivity contribution in [1.29, 1.82) is 0 Å². The maximum Gasteiger partial charge on any atom is 0.405 e. The van der Waals surface area contributed by atoms with Crippen molar-refractivity contribution >= 4 is 194 Å². The number of methoxy groups -OCH3 is 3. The Bertz CT molecular complexity index is 7010. The van der Waals surface area contributed by atoms with Gasteiger partial charge in [0.05, 0.1) is 103 Å². The fourth-order valence-corrected chi connectivity index (χ4v) is 15.9. The molecule has 5 atom stereocenters. The SMILES string of the molecule is CN(C)C.CO.COC(=O)C(Cl)Br.COC(=O)C(Cl)Oc1cccc2c1c(C(=O)C(N)=O)c(C)n2Cc1ccccc1.COC(=O)C(Cl)Oc1cccc2c1cc(C)n2Cc1ccccc1.Cc1c(C(=O)C(N)=O)c2c(OC(C(=O)O)[N+](C)(C)C)cccc2n1Cc1ccccc1.Cc1c(C(=O)C(N)=O)c2c(OC(Cl)C(=O)O)cccc2n1Cc1ccccc1.Cc1cc2c(O)cccc2n1Cc1ccccc1.Cl. The number of carbonyl (C=O) groups is 11. The number of likely N-dealkylation sites (N-methyl/N-ethyl adjacent to an activating group) is 1. The molecule has 15 aromatic rings. The number of aromatic hydroxyl groups is 1. The first kappa shape index (κ1) is 116. The van der Waals surface area contributed by atoms with E-state index in [4.69, 9.17) is 92.8 Å². The number of ether oxygens (including phenoxy) is 7. The van der Waals surface area contributed by atoms with E-state index in [0.29, 0.717) is 80.9 Å². The summed E-state index contributed by atoms with van der Waals surface area (Å²) in [4.78, 5) is 131. The van der Waals surface area contributed by atoms with Gasteiger partial charge < -0.3 is 98.5 Å². The fourth-order valence-electron chi connectivity index (χ4n) is 15.1. The van der Waals surface area contributed by atoms with Crippen LogP contribution in [0, 0.1) is 34.6 Å². The number of fused-ring (bicyclic) bond motifs is 5. The molecule has 5 unspecified atom stereocenters. The van der Waals surface area contributed by atoms with Crippen molar-refractivity contribution in [1.82, 2.24) is 27.7 Å². The highest BCUT2D eigenvalue weighted by molar-refractivity contribution is 9.10. The van der Waals surface area contributed by atoms with Crippen LogP contribution in [-0.4, -0.2) is 215 Å². The van der Waals surface area contributed by atoms with Crippen LogP contribution in [0.3, 0.4) is 0 Å². The lowest BCUT2D eigenvalue weighted by Crippen LogP contribution is -2.53. The zero-order chi connectivity index (χ0) is 106. The van der Waals surface area contributed by atoms with E-state index in [1.165, 1.54) is 38.5 Å². The van der Waals surface area contributed by atoms with Crippen molar-refractivity contribution in [3.63, 3.8) is 0 Å². The lowest BCUT2D eigenvalue weighted by Gasteiger charge is -2.30. The molecule has 15 rings (SSSR count).